The maximum atomic E-state index is 14.4. The van der Waals surface area contributed by atoms with Crippen LogP contribution in [-0.4, -0.2) is 53.8 Å². The molecule has 0 radical (unpaired) electrons. The van der Waals surface area contributed by atoms with Gasteiger partial charge < -0.3 is 24.8 Å². The molecule has 42 heavy (non-hydrogen) atoms. The Morgan fingerprint density at radius 3 is 2.33 bits per heavy atom. The van der Waals surface area contributed by atoms with Gasteiger partial charge in [0.05, 0.1) is 18.7 Å². The third kappa shape index (κ3) is 6.29. The van der Waals surface area contributed by atoms with Gasteiger partial charge in [-0.25, -0.2) is 4.79 Å². The standard InChI is InChI=1S/C32H41F3N2O5/c1-18(2)22-14-15-42-28(22)29(38)37-26(19-10-8-7-9-11-19)25(24(31(3,4)5)27(37)30(39)40)36-17-20-16-21(32(33,34)35)12-13-23(20)41-6/h7-13,16,18,22,24-28,36H,14-15,17H2,1-6H3,(H,39,40)/t22-,24-,25-,26-,27-,28-/m0/s1. The molecule has 2 saturated heterocycles. The van der Waals surface area contributed by atoms with E-state index in [1.54, 1.807) is 0 Å². The summed E-state index contributed by atoms with van der Waals surface area (Å²) in [5, 5.41) is 14.1. The van der Waals surface area contributed by atoms with Gasteiger partial charge in [0.2, 0.25) is 0 Å². The second-order valence-electron chi connectivity index (χ2n) is 12.7. The smallest absolute Gasteiger partial charge is 0.416 e. The number of nitrogens with zero attached hydrogens (tertiary/aromatic N) is 1. The minimum Gasteiger partial charge on any atom is -0.496 e. The molecule has 230 valence electrons. The first-order chi connectivity index (χ1) is 19.7. The number of hydrogen-bond donors (Lipinski definition) is 2. The molecule has 2 aromatic carbocycles. The molecule has 2 aromatic rings. The molecule has 1 amide bonds. The Hall–Kier alpha value is -3.11. The summed E-state index contributed by atoms with van der Waals surface area (Å²) in [6.45, 7) is 10.2. The number of alkyl halides is 3. The van der Waals surface area contributed by atoms with Crippen molar-refractivity contribution in [3.8, 4) is 5.75 Å². The van der Waals surface area contributed by atoms with E-state index in [1.807, 2.05) is 65.0 Å². The number of hydrogen-bond acceptors (Lipinski definition) is 5. The van der Waals surface area contributed by atoms with Crippen LogP contribution < -0.4 is 10.1 Å². The topological polar surface area (TPSA) is 88.1 Å². The lowest BCUT2D eigenvalue weighted by Crippen LogP contribution is -2.51. The SMILES string of the molecule is COc1ccc(C(F)(F)F)cc1CN[C@H]1[C@H](C(C)(C)C)[C@@H](C(=O)O)N(C(=O)[C@H]2OCC[C@H]2C(C)C)[C@H]1c1ccccc1. The monoisotopic (exact) mass is 590 g/mol. The van der Waals surface area contributed by atoms with Crippen LogP contribution in [0.2, 0.25) is 0 Å². The fourth-order valence-electron chi connectivity index (χ4n) is 6.74. The number of carboxylic acid groups (broad SMARTS) is 1. The second-order valence-corrected chi connectivity index (χ2v) is 12.7. The average molecular weight is 591 g/mol. The van der Waals surface area contributed by atoms with Gasteiger partial charge in [-0.1, -0.05) is 65.0 Å². The summed E-state index contributed by atoms with van der Waals surface area (Å²) in [6, 6.07) is 9.97. The van der Waals surface area contributed by atoms with E-state index in [1.165, 1.54) is 18.1 Å². The van der Waals surface area contributed by atoms with Gasteiger partial charge in [-0.05, 0) is 47.4 Å². The van der Waals surface area contributed by atoms with Crippen LogP contribution >= 0.6 is 0 Å². The van der Waals surface area contributed by atoms with E-state index in [9.17, 15) is 27.9 Å². The van der Waals surface area contributed by atoms with Crippen LogP contribution in [0.15, 0.2) is 48.5 Å². The number of rotatable bonds is 8. The molecule has 10 heteroatoms. The molecule has 7 nitrogen and oxygen atoms in total. The van der Waals surface area contributed by atoms with Gasteiger partial charge in [-0.15, -0.1) is 0 Å². The van der Waals surface area contributed by atoms with E-state index in [-0.39, 0.29) is 35.6 Å². The van der Waals surface area contributed by atoms with Gasteiger partial charge >= 0.3 is 12.1 Å². The molecule has 4 rings (SSSR count). The van der Waals surface area contributed by atoms with Crippen molar-refractivity contribution in [1.82, 2.24) is 10.2 Å². The van der Waals surface area contributed by atoms with Crippen molar-refractivity contribution >= 4 is 11.9 Å². The molecular formula is C32H41F3N2O5. The Labute approximate surface area is 245 Å². The van der Waals surface area contributed by atoms with Crippen molar-refractivity contribution in [1.29, 1.82) is 0 Å². The Bertz CT molecular complexity index is 1260. The van der Waals surface area contributed by atoms with Crippen molar-refractivity contribution in [3.63, 3.8) is 0 Å². The lowest BCUT2D eigenvalue weighted by molar-refractivity contribution is -0.158. The molecule has 0 unspecified atom stereocenters. The van der Waals surface area contributed by atoms with Crippen LogP contribution in [0.3, 0.4) is 0 Å². The second kappa shape index (κ2) is 12.2. The van der Waals surface area contributed by atoms with E-state index in [0.717, 1.165) is 17.7 Å². The Morgan fingerprint density at radius 2 is 1.79 bits per heavy atom. The first kappa shape index (κ1) is 31.8. The highest BCUT2D eigenvalue weighted by Crippen LogP contribution is 2.49. The number of methoxy groups -OCH3 is 1. The molecule has 0 aliphatic carbocycles. The van der Waals surface area contributed by atoms with Crippen LogP contribution in [0, 0.1) is 23.2 Å². The van der Waals surface area contributed by atoms with E-state index in [0.29, 0.717) is 13.0 Å². The first-order valence-electron chi connectivity index (χ1n) is 14.4. The molecular weight excluding hydrogens is 549 g/mol. The van der Waals surface area contributed by atoms with E-state index >= 15 is 0 Å². The molecule has 0 spiro atoms. The third-order valence-corrected chi connectivity index (χ3v) is 8.69. The minimum absolute atomic E-state index is 0.0312. The Balaban J connectivity index is 1.83. The maximum absolute atomic E-state index is 14.4. The van der Waals surface area contributed by atoms with Crippen molar-refractivity contribution in [2.75, 3.05) is 13.7 Å². The summed E-state index contributed by atoms with van der Waals surface area (Å²) in [4.78, 5) is 28.9. The van der Waals surface area contributed by atoms with Crippen molar-refractivity contribution in [2.45, 2.75) is 78.0 Å². The Kier molecular flexibility index (Phi) is 9.28. The third-order valence-electron chi connectivity index (χ3n) is 8.69. The largest absolute Gasteiger partial charge is 0.496 e. The van der Waals surface area contributed by atoms with Crippen LogP contribution in [0.25, 0.3) is 0 Å². The summed E-state index contributed by atoms with van der Waals surface area (Å²) >= 11 is 0. The minimum atomic E-state index is -4.54. The van der Waals surface area contributed by atoms with Crippen molar-refractivity contribution in [2.24, 2.45) is 23.2 Å². The molecule has 2 aliphatic rings. The highest BCUT2D eigenvalue weighted by molar-refractivity contribution is 5.88. The number of carbonyl (C=O) groups is 2. The number of aliphatic carboxylic acids is 1. The molecule has 0 bridgehead atoms. The van der Waals surface area contributed by atoms with E-state index < -0.39 is 53.3 Å². The zero-order valence-corrected chi connectivity index (χ0v) is 24.9. The first-order valence-corrected chi connectivity index (χ1v) is 14.4. The zero-order valence-electron chi connectivity index (χ0n) is 24.9. The van der Waals surface area contributed by atoms with Gasteiger partial charge in [0.25, 0.3) is 5.91 Å². The van der Waals surface area contributed by atoms with Crippen molar-refractivity contribution < 1.29 is 37.3 Å². The van der Waals surface area contributed by atoms with E-state index in [4.69, 9.17) is 9.47 Å². The quantitative estimate of drug-likeness (QED) is 0.396. The van der Waals surface area contributed by atoms with Gasteiger partial charge in [-0.2, -0.15) is 13.2 Å². The highest BCUT2D eigenvalue weighted by atomic mass is 19.4. The number of carboxylic acids is 1. The number of benzene rings is 2. The Morgan fingerprint density at radius 1 is 1.12 bits per heavy atom. The summed E-state index contributed by atoms with van der Waals surface area (Å²) < 4.78 is 52.1. The number of carbonyl (C=O) groups excluding carboxylic acids is 1. The molecule has 6 atom stereocenters. The number of amides is 1. The van der Waals surface area contributed by atoms with Crippen LogP contribution in [0.5, 0.6) is 5.75 Å². The molecule has 0 aromatic heterocycles. The zero-order chi connectivity index (χ0) is 31.0. The highest BCUT2D eigenvalue weighted by Gasteiger charge is 2.59. The summed E-state index contributed by atoms with van der Waals surface area (Å²) in [6.07, 6.45) is -4.61. The van der Waals surface area contributed by atoms with Gasteiger partial charge in [-0.3, -0.25) is 4.79 Å². The number of likely N-dealkylation sites (tertiary alicyclic amines) is 1. The number of ether oxygens (including phenoxy) is 2. The maximum Gasteiger partial charge on any atom is 0.416 e. The predicted octanol–water partition coefficient (Wildman–Crippen LogP) is 5.93. The van der Waals surface area contributed by atoms with Crippen molar-refractivity contribution in [3.05, 3.63) is 65.2 Å². The van der Waals surface area contributed by atoms with Gasteiger partial charge in [0.15, 0.2) is 0 Å². The number of halogens is 3. The average Bonchev–Trinajstić information content (AvgIpc) is 3.55. The lowest BCUT2D eigenvalue weighted by atomic mass is 9.72. The van der Waals surface area contributed by atoms with Gasteiger partial charge in [0.1, 0.15) is 17.9 Å². The summed E-state index contributed by atoms with van der Waals surface area (Å²) in [7, 11) is 1.39. The summed E-state index contributed by atoms with van der Waals surface area (Å²) in [5.74, 6) is -1.73. The molecule has 2 aliphatic heterocycles. The lowest BCUT2D eigenvalue weighted by Gasteiger charge is -2.36. The number of nitrogens with one attached hydrogen (secondary N) is 1. The van der Waals surface area contributed by atoms with Gasteiger partial charge in [0, 0.05) is 30.7 Å². The molecule has 2 N–H and O–H groups in total. The normalized spacial score (nSPS) is 26.6. The predicted molar refractivity (Wildman–Crippen MR) is 152 cm³/mol. The van der Waals surface area contributed by atoms with Crippen LogP contribution in [0.4, 0.5) is 13.2 Å². The fraction of sp³-hybridized carbons (Fsp3) is 0.562. The molecule has 0 saturated carbocycles. The van der Waals surface area contributed by atoms with E-state index in [2.05, 4.69) is 5.32 Å². The molecule has 2 heterocycles. The summed E-state index contributed by atoms with van der Waals surface area (Å²) in [5.41, 5.74) is -0.398. The van der Waals surface area contributed by atoms with Crippen LogP contribution in [-0.2, 0) is 27.0 Å². The fourth-order valence-corrected chi connectivity index (χ4v) is 6.74. The van der Waals surface area contributed by atoms with Crippen LogP contribution in [0.1, 0.15) is 63.8 Å². The molecule has 2 fully saturated rings.